The van der Waals surface area contributed by atoms with Crippen LogP contribution in [0.25, 0.3) is 0 Å². The summed E-state index contributed by atoms with van der Waals surface area (Å²) in [5, 5.41) is 0. The van der Waals surface area contributed by atoms with Gasteiger partial charge in [0.2, 0.25) is 0 Å². The van der Waals surface area contributed by atoms with E-state index in [-0.39, 0.29) is 12.1 Å². The highest BCUT2D eigenvalue weighted by Crippen LogP contribution is 2.18. The summed E-state index contributed by atoms with van der Waals surface area (Å²) >= 11 is 0. The number of likely N-dealkylation sites (N-methyl/N-ethyl adjacent to an activating group) is 1. The van der Waals surface area contributed by atoms with Gasteiger partial charge in [0.1, 0.15) is 6.10 Å². The molecule has 2 N–H and O–H groups in total. The third-order valence-electron chi connectivity index (χ3n) is 3.63. The van der Waals surface area contributed by atoms with Gasteiger partial charge in [-0.05, 0) is 24.9 Å². The van der Waals surface area contributed by atoms with Crippen LogP contribution >= 0.6 is 0 Å². The normalized spacial score (nSPS) is 22.4. The van der Waals surface area contributed by atoms with Crippen LogP contribution in [0.5, 0.6) is 0 Å². The number of morpholine rings is 1. The fourth-order valence-corrected chi connectivity index (χ4v) is 2.23. The van der Waals surface area contributed by atoms with E-state index in [1.165, 1.54) is 0 Å². The van der Waals surface area contributed by atoms with Crippen molar-refractivity contribution in [2.45, 2.75) is 38.8 Å². The lowest BCUT2D eigenvalue weighted by Gasteiger charge is -2.31. The molecule has 0 aliphatic carbocycles. The minimum Gasteiger partial charge on any atom is -0.368 e. The molecule has 0 amide bonds. The molecule has 1 aliphatic rings. The van der Waals surface area contributed by atoms with E-state index in [1.54, 1.807) is 0 Å². The van der Waals surface area contributed by atoms with Gasteiger partial charge in [0.05, 0.1) is 6.61 Å². The van der Waals surface area contributed by atoms with Crippen LogP contribution in [-0.2, 0) is 11.2 Å². The predicted molar refractivity (Wildman–Crippen MR) is 74.8 cm³/mol. The fraction of sp³-hybridized carbons (Fsp3) is 0.714. The SMILES string of the molecule is CCC(N)Cc1cnc(C2CN(CC)CCO2)nc1. The summed E-state index contributed by atoms with van der Waals surface area (Å²) in [6.45, 7) is 7.93. The van der Waals surface area contributed by atoms with Gasteiger partial charge in [-0.1, -0.05) is 13.8 Å². The number of nitrogens with zero attached hydrogens (tertiary/aromatic N) is 3. The van der Waals surface area contributed by atoms with Gasteiger partial charge >= 0.3 is 0 Å². The highest BCUT2D eigenvalue weighted by molar-refractivity contribution is 5.08. The van der Waals surface area contributed by atoms with Crippen molar-refractivity contribution in [3.8, 4) is 0 Å². The molecule has 0 bridgehead atoms. The molecule has 5 heteroatoms. The van der Waals surface area contributed by atoms with E-state index < -0.39 is 0 Å². The Morgan fingerprint density at radius 1 is 1.42 bits per heavy atom. The fourth-order valence-electron chi connectivity index (χ4n) is 2.23. The van der Waals surface area contributed by atoms with Crippen LogP contribution in [0, 0.1) is 0 Å². The smallest absolute Gasteiger partial charge is 0.158 e. The van der Waals surface area contributed by atoms with Crippen LogP contribution in [0.3, 0.4) is 0 Å². The molecule has 2 unspecified atom stereocenters. The highest BCUT2D eigenvalue weighted by Gasteiger charge is 2.22. The average molecular weight is 264 g/mol. The molecule has 106 valence electrons. The number of hydrogen-bond donors (Lipinski definition) is 1. The molecule has 1 aromatic rings. The molecule has 0 radical (unpaired) electrons. The monoisotopic (exact) mass is 264 g/mol. The summed E-state index contributed by atoms with van der Waals surface area (Å²) in [6.07, 6.45) is 5.57. The quantitative estimate of drug-likeness (QED) is 0.864. The van der Waals surface area contributed by atoms with Crippen molar-refractivity contribution in [3.63, 3.8) is 0 Å². The van der Waals surface area contributed by atoms with E-state index in [1.807, 2.05) is 12.4 Å². The van der Waals surface area contributed by atoms with E-state index in [4.69, 9.17) is 10.5 Å². The summed E-state index contributed by atoms with van der Waals surface area (Å²) in [4.78, 5) is 11.2. The van der Waals surface area contributed by atoms with Gasteiger partial charge in [0.15, 0.2) is 5.82 Å². The molecule has 0 saturated carbocycles. The summed E-state index contributed by atoms with van der Waals surface area (Å²) < 4.78 is 5.75. The average Bonchev–Trinajstić information content (AvgIpc) is 2.48. The first-order chi connectivity index (χ1) is 9.22. The predicted octanol–water partition coefficient (Wildman–Crippen LogP) is 1.15. The van der Waals surface area contributed by atoms with Gasteiger partial charge in [-0.15, -0.1) is 0 Å². The van der Waals surface area contributed by atoms with Crippen molar-refractivity contribution in [1.29, 1.82) is 0 Å². The zero-order valence-corrected chi connectivity index (χ0v) is 11.9. The van der Waals surface area contributed by atoms with Crippen molar-refractivity contribution in [1.82, 2.24) is 14.9 Å². The third kappa shape index (κ3) is 3.96. The molecular weight excluding hydrogens is 240 g/mol. The Bertz CT molecular complexity index is 382. The van der Waals surface area contributed by atoms with Crippen LogP contribution < -0.4 is 5.73 Å². The van der Waals surface area contributed by atoms with E-state index in [0.29, 0.717) is 0 Å². The summed E-state index contributed by atoms with van der Waals surface area (Å²) in [7, 11) is 0. The van der Waals surface area contributed by atoms with Gasteiger partial charge in [-0.3, -0.25) is 4.90 Å². The van der Waals surface area contributed by atoms with Crippen LogP contribution in [0.15, 0.2) is 12.4 Å². The van der Waals surface area contributed by atoms with Gasteiger partial charge in [-0.25, -0.2) is 9.97 Å². The van der Waals surface area contributed by atoms with Gasteiger partial charge < -0.3 is 10.5 Å². The Morgan fingerprint density at radius 3 is 2.79 bits per heavy atom. The zero-order valence-electron chi connectivity index (χ0n) is 11.9. The van der Waals surface area contributed by atoms with E-state index in [2.05, 4.69) is 28.7 Å². The maximum atomic E-state index is 5.94. The number of ether oxygens (including phenoxy) is 1. The number of nitrogens with two attached hydrogens (primary N) is 1. The Hall–Kier alpha value is -1.04. The van der Waals surface area contributed by atoms with Gasteiger partial charge in [0.25, 0.3) is 0 Å². The lowest BCUT2D eigenvalue weighted by molar-refractivity contribution is -0.0326. The molecule has 2 rings (SSSR count). The minimum atomic E-state index is 0.00241. The molecule has 19 heavy (non-hydrogen) atoms. The first kappa shape index (κ1) is 14.4. The summed E-state index contributed by atoms with van der Waals surface area (Å²) in [5.74, 6) is 0.784. The van der Waals surface area contributed by atoms with Crippen LogP contribution in [0.1, 0.15) is 37.8 Å². The maximum Gasteiger partial charge on any atom is 0.158 e. The largest absolute Gasteiger partial charge is 0.368 e. The summed E-state index contributed by atoms with van der Waals surface area (Å²) in [5.41, 5.74) is 7.03. The molecule has 0 spiro atoms. The lowest BCUT2D eigenvalue weighted by atomic mass is 10.1. The second-order valence-corrected chi connectivity index (χ2v) is 5.07. The second kappa shape index (κ2) is 6.93. The minimum absolute atomic E-state index is 0.00241. The molecule has 1 aromatic heterocycles. The maximum absolute atomic E-state index is 5.94. The van der Waals surface area contributed by atoms with Crippen LogP contribution in [-0.4, -0.2) is 47.2 Å². The Labute approximate surface area is 115 Å². The van der Waals surface area contributed by atoms with E-state index in [9.17, 15) is 0 Å². The standard InChI is InChI=1S/C14H24N4O/c1-3-12(15)7-11-8-16-14(17-9-11)13-10-18(4-2)5-6-19-13/h8-9,12-13H,3-7,10,15H2,1-2H3. The first-order valence-corrected chi connectivity index (χ1v) is 7.13. The number of aromatic nitrogens is 2. The van der Waals surface area contributed by atoms with Crippen LogP contribution in [0.4, 0.5) is 0 Å². The molecule has 2 atom stereocenters. The van der Waals surface area contributed by atoms with E-state index in [0.717, 1.165) is 50.5 Å². The number of rotatable bonds is 5. The molecular formula is C14H24N4O. The molecule has 5 nitrogen and oxygen atoms in total. The van der Waals surface area contributed by atoms with Crippen molar-refractivity contribution in [3.05, 3.63) is 23.8 Å². The first-order valence-electron chi connectivity index (χ1n) is 7.13. The van der Waals surface area contributed by atoms with Gasteiger partial charge in [0, 0.05) is 31.5 Å². The molecule has 1 saturated heterocycles. The Balaban J connectivity index is 1.97. The Kier molecular flexibility index (Phi) is 5.24. The van der Waals surface area contributed by atoms with Crippen molar-refractivity contribution in [2.75, 3.05) is 26.2 Å². The van der Waals surface area contributed by atoms with Crippen molar-refractivity contribution >= 4 is 0 Å². The van der Waals surface area contributed by atoms with Crippen molar-refractivity contribution < 1.29 is 4.74 Å². The molecule has 1 aliphatic heterocycles. The third-order valence-corrected chi connectivity index (χ3v) is 3.63. The van der Waals surface area contributed by atoms with Crippen LogP contribution in [0.2, 0.25) is 0 Å². The zero-order chi connectivity index (χ0) is 13.7. The van der Waals surface area contributed by atoms with E-state index >= 15 is 0 Å². The van der Waals surface area contributed by atoms with Gasteiger partial charge in [-0.2, -0.15) is 0 Å². The topological polar surface area (TPSA) is 64.3 Å². The Morgan fingerprint density at radius 2 is 2.16 bits per heavy atom. The summed E-state index contributed by atoms with van der Waals surface area (Å²) in [6, 6.07) is 0.191. The molecule has 2 heterocycles. The lowest BCUT2D eigenvalue weighted by Crippen LogP contribution is -2.38. The second-order valence-electron chi connectivity index (χ2n) is 5.07. The highest BCUT2D eigenvalue weighted by atomic mass is 16.5. The molecule has 1 fully saturated rings. The number of hydrogen-bond acceptors (Lipinski definition) is 5. The van der Waals surface area contributed by atoms with Crippen molar-refractivity contribution in [2.24, 2.45) is 5.73 Å². The molecule has 0 aromatic carbocycles.